The summed E-state index contributed by atoms with van der Waals surface area (Å²) in [5.41, 5.74) is 2.50. The largest absolute Gasteiger partial charge is 0.350 e. The second kappa shape index (κ2) is 8.76. The number of amides is 1. The number of aromatic nitrogens is 2. The van der Waals surface area contributed by atoms with Crippen LogP contribution in [0.1, 0.15) is 42.7 Å². The Morgan fingerprint density at radius 3 is 2.58 bits per heavy atom. The van der Waals surface area contributed by atoms with E-state index in [0.29, 0.717) is 18.2 Å². The van der Waals surface area contributed by atoms with Crippen LogP contribution in [-0.2, 0) is 6.54 Å². The lowest BCUT2D eigenvalue weighted by Crippen LogP contribution is -2.28. The lowest BCUT2D eigenvalue weighted by molar-refractivity contribution is 0.0789. The fourth-order valence-electron chi connectivity index (χ4n) is 2.93. The quantitative estimate of drug-likeness (QED) is 0.733. The second-order valence-corrected chi connectivity index (χ2v) is 6.79. The summed E-state index contributed by atoms with van der Waals surface area (Å²) in [7, 11) is 0. The number of nitrogens with zero attached hydrogens (tertiary/aromatic N) is 3. The van der Waals surface area contributed by atoms with Gasteiger partial charge >= 0.3 is 0 Å². The normalized spacial score (nSPS) is 13.4. The number of hydrogen-bond donors (Lipinski definition) is 1. The first-order chi connectivity index (χ1) is 12.8. The van der Waals surface area contributed by atoms with Crippen LogP contribution >= 0.6 is 11.3 Å². The summed E-state index contributed by atoms with van der Waals surface area (Å²) in [4.78, 5) is 23.8. The van der Waals surface area contributed by atoms with Gasteiger partial charge in [-0.25, -0.2) is 9.97 Å². The molecule has 0 spiro atoms. The smallest absolute Gasteiger partial charge is 0.274 e. The third-order valence-electron chi connectivity index (χ3n) is 4.19. The minimum Gasteiger partial charge on any atom is -0.350 e. The number of benzene rings is 1. The van der Waals surface area contributed by atoms with Crippen LogP contribution in [0.3, 0.4) is 0 Å². The third kappa shape index (κ3) is 4.02. The molecule has 2 aromatic heterocycles. The van der Waals surface area contributed by atoms with Crippen molar-refractivity contribution in [2.24, 2.45) is 0 Å². The summed E-state index contributed by atoms with van der Waals surface area (Å²) in [6.45, 7) is 6.28. The van der Waals surface area contributed by atoms with E-state index in [2.05, 4.69) is 15.3 Å². The summed E-state index contributed by atoms with van der Waals surface area (Å²) in [6, 6.07) is 12.0. The molecule has 26 heavy (non-hydrogen) atoms. The maximum Gasteiger partial charge on any atom is 0.274 e. The lowest BCUT2D eigenvalue weighted by atomic mass is 10.2. The van der Waals surface area contributed by atoms with Gasteiger partial charge in [0.1, 0.15) is 0 Å². The van der Waals surface area contributed by atoms with Crippen LogP contribution in [0.4, 0.5) is 5.95 Å². The highest BCUT2D eigenvalue weighted by molar-refractivity contribution is 7.17. The van der Waals surface area contributed by atoms with Crippen LogP contribution < -0.4 is 5.32 Å². The molecule has 0 aliphatic carbocycles. The van der Waals surface area contributed by atoms with Crippen LogP contribution in [0, 0.1) is 0 Å². The molecule has 0 unspecified atom stereocenters. The number of carbonyl (C=O) groups excluding carboxylic acids is 1. The van der Waals surface area contributed by atoms with E-state index < -0.39 is 0 Å². The maximum atomic E-state index is 12.8. The van der Waals surface area contributed by atoms with Crippen LogP contribution in [0.15, 0.2) is 41.8 Å². The van der Waals surface area contributed by atoms with Crippen molar-refractivity contribution in [1.82, 2.24) is 14.9 Å². The highest BCUT2D eigenvalue weighted by atomic mass is 32.1. The standard InChI is InChI=1S/C18H18N4OS.C2H6/c23-17(22-9-4-5-10-22)15-16-14(8-11-24-16)20-18(21-15)19-12-13-6-2-1-3-7-13;1-2/h1-3,6-8,11H,4-5,9-10,12H2,(H,19,20,21);1-2H3. The number of likely N-dealkylation sites (tertiary alicyclic amines) is 1. The van der Waals surface area contributed by atoms with Gasteiger partial charge in [-0.15, -0.1) is 11.3 Å². The zero-order valence-corrected chi connectivity index (χ0v) is 16.1. The summed E-state index contributed by atoms with van der Waals surface area (Å²) in [5.74, 6) is 0.525. The van der Waals surface area contributed by atoms with Crippen molar-refractivity contribution in [3.8, 4) is 0 Å². The number of rotatable bonds is 4. The number of anilines is 1. The Labute approximate surface area is 158 Å². The predicted octanol–water partition coefficient (Wildman–Crippen LogP) is 4.57. The van der Waals surface area contributed by atoms with E-state index in [4.69, 9.17) is 0 Å². The number of thiophene rings is 1. The van der Waals surface area contributed by atoms with E-state index in [1.165, 1.54) is 11.3 Å². The number of nitrogens with one attached hydrogen (secondary N) is 1. The molecule has 3 aromatic rings. The molecule has 0 atom stereocenters. The minimum atomic E-state index is 0.0186. The first-order valence-corrected chi connectivity index (χ1v) is 10.0. The van der Waals surface area contributed by atoms with Gasteiger partial charge in [-0.3, -0.25) is 4.79 Å². The van der Waals surface area contributed by atoms with Crippen molar-refractivity contribution in [3.63, 3.8) is 0 Å². The third-order valence-corrected chi connectivity index (χ3v) is 5.10. The van der Waals surface area contributed by atoms with Gasteiger partial charge in [-0.05, 0) is 29.9 Å². The Morgan fingerprint density at radius 2 is 1.85 bits per heavy atom. The molecular weight excluding hydrogens is 344 g/mol. The van der Waals surface area contributed by atoms with Crippen molar-refractivity contribution >= 4 is 33.4 Å². The molecule has 1 fully saturated rings. The lowest BCUT2D eigenvalue weighted by Gasteiger charge is -2.15. The highest BCUT2D eigenvalue weighted by Gasteiger charge is 2.24. The van der Waals surface area contributed by atoms with Gasteiger partial charge in [-0.2, -0.15) is 0 Å². The number of hydrogen-bond acceptors (Lipinski definition) is 5. The van der Waals surface area contributed by atoms with Gasteiger partial charge in [-0.1, -0.05) is 44.2 Å². The molecule has 1 saturated heterocycles. The Morgan fingerprint density at radius 1 is 1.12 bits per heavy atom. The van der Waals surface area contributed by atoms with E-state index in [-0.39, 0.29) is 5.91 Å². The molecule has 1 aliphatic heterocycles. The number of carbonyl (C=O) groups is 1. The fraction of sp³-hybridized carbons (Fsp3) is 0.350. The second-order valence-electron chi connectivity index (χ2n) is 5.87. The predicted molar refractivity (Wildman–Crippen MR) is 108 cm³/mol. The molecule has 1 N–H and O–H groups in total. The zero-order valence-electron chi connectivity index (χ0n) is 15.2. The Bertz CT molecular complexity index is 857. The van der Waals surface area contributed by atoms with Crippen LogP contribution in [0.2, 0.25) is 0 Å². The van der Waals surface area contributed by atoms with Crippen LogP contribution in [0.25, 0.3) is 10.2 Å². The van der Waals surface area contributed by atoms with E-state index in [0.717, 1.165) is 41.7 Å². The summed E-state index contributed by atoms with van der Waals surface area (Å²) < 4.78 is 0.872. The molecule has 136 valence electrons. The van der Waals surface area contributed by atoms with E-state index in [9.17, 15) is 4.79 Å². The molecule has 1 amide bonds. The van der Waals surface area contributed by atoms with Gasteiger partial charge in [0.15, 0.2) is 5.69 Å². The first kappa shape index (κ1) is 18.3. The monoisotopic (exact) mass is 368 g/mol. The van der Waals surface area contributed by atoms with Crippen molar-refractivity contribution in [1.29, 1.82) is 0 Å². The Kier molecular flexibility index (Phi) is 6.17. The van der Waals surface area contributed by atoms with Crippen molar-refractivity contribution in [2.45, 2.75) is 33.2 Å². The zero-order chi connectivity index (χ0) is 18.4. The van der Waals surface area contributed by atoms with E-state index >= 15 is 0 Å². The van der Waals surface area contributed by atoms with Gasteiger partial charge < -0.3 is 10.2 Å². The summed E-state index contributed by atoms with van der Waals surface area (Å²) >= 11 is 1.52. The molecule has 1 aliphatic rings. The molecule has 6 heteroatoms. The molecule has 3 heterocycles. The Balaban J connectivity index is 0.000000948. The molecular formula is C20H24N4OS. The first-order valence-electron chi connectivity index (χ1n) is 9.13. The SMILES string of the molecule is CC.O=C(c1nc(NCc2ccccc2)nc2ccsc12)N1CCCC1. The molecule has 0 saturated carbocycles. The maximum absolute atomic E-state index is 12.8. The topological polar surface area (TPSA) is 58.1 Å². The molecule has 4 rings (SSSR count). The van der Waals surface area contributed by atoms with Gasteiger partial charge in [0.2, 0.25) is 5.95 Å². The van der Waals surface area contributed by atoms with Gasteiger partial charge in [0.25, 0.3) is 5.91 Å². The summed E-state index contributed by atoms with van der Waals surface area (Å²) in [5, 5.41) is 5.20. The number of fused-ring (bicyclic) bond motifs is 1. The van der Waals surface area contributed by atoms with Crippen molar-refractivity contribution < 1.29 is 4.79 Å². The van der Waals surface area contributed by atoms with Gasteiger partial charge in [0, 0.05) is 19.6 Å². The van der Waals surface area contributed by atoms with E-state index in [1.54, 1.807) is 0 Å². The molecule has 1 aromatic carbocycles. The minimum absolute atomic E-state index is 0.0186. The molecule has 5 nitrogen and oxygen atoms in total. The fourth-order valence-corrected chi connectivity index (χ4v) is 3.75. The molecule has 0 bridgehead atoms. The van der Waals surface area contributed by atoms with Gasteiger partial charge in [0.05, 0.1) is 10.2 Å². The summed E-state index contributed by atoms with van der Waals surface area (Å²) in [6.07, 6.45) is 2.15. The Hall–Kier alpha value is -2.47. The highest BCUT2D eigenvalue weighted by Crippen LogP contribution is 2.26. The van der Waals surface area contributed by atoms with E-state index in [1.807, 2.05) is 60.5 Å². The van der Waals surface area contributed by atoms with Crippen LogP contribution in [0.5, 0.6) is 0 Å². The van der Waals surface area contributed by atoms with Crippen molar-refractivity contribution in [2.75, 3.05) is 18.4 Å². The molecule has 0 radical (unpaired) electrons. The average Bonchev–Trinajstić information content (AvgIpc) is 3.39. The van der Waals surface area contributed by atoms with Crippen LogP contribution in [-0.4, -0.2) is 33.9 Å². The van der Waals surface area contributed by atoms with Crippen molar-refractivity contribution in [3.05, 3.63) is 53.0 Å². The average molecular weight is 369 g/mol.